The van der Waals surface area contributed by atoms with Gasteiger partial charge in [0.25, 0.3) is 0 Å². The van der Waals surface area contributed by atoms with E-state index in [2.05, 4.69) is 20.9 Å². The summed E-state index contributed by atoms with van der Waals surface area (Å²) in [7, 11) is 0. The summed E-state index contributed by atoms with van der Waals surface area (Å²) in [6.07, 6.45) is 0.0375. The summed E-state index contributed by atoms with van der Waals surface area (Å²) in [5, 5.41) is 9.23. The van der Waals surface area contributed by atoms with Crippen molar-refractivity contribution in [3.05, 3.63) is 70.8 Å². The van der Waals surface area contributed by atoms with Gasteiger partial charge in [-0.1, -0.05) is 46.3 Å². The second kappa shape index (κ2) is 7.70. The third kappa shape index (κ3) is 3.94. The second-order valence-electron chi connectivity index (χ2n) is 6.07. The molecule has 0 spiro atoms. The first-order valence-corrected chi connectivity index (χ1v) is 9.01. The summed E-state index contributed by atoms with van der Waals surface area (Å²) in [5.74, 6) is -0.277. The van der Waals surface area contributed by atoms with Crippen molar-refractivity contribution < 1.29 is 14.6 Å². The van der Waals surface area contributed by atoms with E-state index in [4.69, 9.17) is 4.74 Å². The fourth-order valence-electron chi connectivity index (χ4n) is 2.71. The molecule has 0 bridgehead atoms. The number of benzene rings is 2. The molecule has 0 atom stereocenters. The van der Waals surface area contributed by atoms with E-state index in [-0.39, 0.29) is 11.8 Å². The molecule has 1 N–H and O–H groups in total. The lowest BCUT2D eigenvalue weighted by atomic mass is 9.96. The van der Waals surface area contributed by atoms with E-state index in [0.717, 1.165) is 26.9 Å². The topological polar surface area (TPSA) is 59.4 Å². The molecular formula is C21H18BrNO3. The number of pyridine rings is 1. The van der Waals surface area contributed by atoms with Crippen LogP contribution in [-0.2, 0) is 0 Å². The number of rotatable bonds is 5. The molecule has 0 amide bonds. The molecule has 26 heavy (non-hydrogen) atoms. The van der Waals surface area contributed by atoms with Crippen LogP contribution in [0.3, 0.4) is 0 Å². The molecule has 0 aliphatic rings. The van der Waals surface area contributed by atoms with Crippen LogP contribution in [-0.4, -0.2) is 22.2 Å². The highest BCUT2D eigenvalue weighted by Crippen LogP contribution is 2.38. The lowest BCUT2D eigenvalue weighted by Crippen LogP contribution is -2.06. The van der Waals surface area contributed by atoms with Crippen LogP contribution >= 0.6 is 15.9 Å². The quantitative estimate of drug-likeness (QED) is 0.587. The fourth-order valence-corrected chi connectivity index (χ4v) is 3.08. The van der Waals surface area contributed by atoms with E-state index in [9.17, 15) is 9.90 Å². The largest absolute Gasteiger partial charge is 0.490 e. The highest BCUT2D eigenvalue weighted by Gasteiger charge is 2.15. The second-order valence-corrected chi connectivity index (χ2v) is 6.98. The number of aromatic carboxylic acids is 1. The van der Waals surface area contributed by atoms with Gasteiger partial charge in [0, 0.05) is 15.6 Å². The van der Waals surface area contributed by atoms with Gasteiger partial charge >= 0.3 is 5.97 Å². The zero-order valence-electron chi connectivity index (χ0n) is 14.4. The van der Waals surface area contributed by atoms with Gasteiger partial charge in [0.1, 0.15) is 11.4 Å². The summed E-state index contributed by atoms with van der Waals surface area (Å²) in [6.45, 7) is 3.96. The van der Waals surface area contributed by atoms with Gasteiger partial charge in [0.15, 0.2) is 0 Å². The van der Waals surface area contributed by atoms with Crippen molar-refractivity contribution in [2.75, 3.05) is 0 Å². The first kappa shape index (κ1) is 18.1. The van der Waals surface area contributed by atoms with Crippen LogP contribution in [0.5, 0.6) is 5.75 Å². The summed E-state index contributed by atoms with van der Waals surface area (Å²) in [6, 6.07) is 18.6. The van der Waals surface area contributed by atoms with E-state index in [1.807, 2.05) is 62.4 Å². The summed E-state index contributed by atoms with van der Waals surface area (Å²) in [5.41, 5.74) is 3.33. The molecule has 1 aromatic heterocycles. The van der Waals surface area contributed by atoms with E-state index >= 15 is 0 Å². The Labute approximate surface area is 160 Å². The van der Waals surface area contributed by atoms with Gasteiger partial charge in [-0.05, 0) is 49.7 Å². The van der Waals surface area contributed by atoms with Gasteiger partial charge in [-0.3, -0.25) is 0 Å². The Morgan fingerprint density at radius 1 is 1.00 bits per heavy atom. The minimum atomic E-state index is -1.05. The van der Waals surface area contributed by atoms with Gasteiger partial charge in [-0.15, -0.1) is 0 Å². The summed E-state index contributed by atoms with van der Waals surface area (Å²) in [4.78, 5) is 15.6. The number of hydrogen-bond donors (Lipinski definition) is 1. The van der Waals surface area contributed by atoms with E-state index < -0.39 is 5.97 Å². The number of halogens is 1. The SMILES string of the molecule is CC(C)Oc1ccc(Br)cc1-c1ccccc1-c1cccc(C(=O)O)n1. The maximum absolute atomic E-state index is 11.3. The van der Waals surface area contributed by atoms with Crippen molar-refractivity contribution in [1.82, 2.24) is 4.98 Å². The molecule has 0 saturated carbocycles. The van der Waals surface area contributed by atoms with Gasteiger partial charge < -0.3 is 9.84 Å². The van der Waals surface area contributed by atoms with Gasteiger partial charge in [-0.2, -0.15) is 0 Å². The van der Waals surface area contributed by atoms with Crippen LogP contribution in [0.1, 0.15) is 24.3 Å². The Balaban J connectivity index is 2.19. The normalized spacial score (nSPS) is 10.8. The van der Waals surface area contributed by atoms with Crippen LogP contribution in [0.15, 0.2) is 65.1 Å². The fraction of sp³-hybridized carbons (Fsp3) is 0.143. The molecule has 0 aliphatic carbocycles. The Kier molecular flexibility index (Phi) is 5.38. The maximum atomic E-state index is 11.3. The maximum Gasteiger partial charge on any atom is 0.354 e. The number of carboxylic acids is 1. The molecule has 0 saturated heterocycles. The van der Waals surface area contributed by atoms with E-state index in [0.29, 0.717) is 5.69 Å². The van der Waals surface area contributed by atoms with Crippen molar-refractivity contribution in [3.63, 3.8) is 0 Å². The van der Waals surface area contributed by atoms with E-state index in [1.54, 1.807) is 6.07 Å². The smallest absolute Gasteiger partial charge is 0.354 e. The van der Waals surface area contributed by atoms with Crippen molar-refractivity contribution in [1.29, 1.82) is 0 Å². The van der Waals surface area contributed by atoms with Gasteiger partial charge in [-0.25, -0.2) is 9.78 Å². The zero-order chi connectivity index (χ0) is 18.7. The van der Waals surface area contributed by atoms with Crippen molar-refractivity contribution in [3.8, 4) is 28.1 Å². The Bertz CT molecular complexity index is 953. The highest BCUT2D eigenvalue weighted by atomic mass is 79.9. The molecule has 0 aliphatic heterocycles. The Morgan fingerprint density at radius 3 is 2.42 bits per heavy atom. The number of carboxylic acid groups (broad SMARTS) is 1. The highest BCUT2D eigenvalue weighted by molar-refractivity contribution is 9.10. The molecule has 0 radical (unpaired) electrons. The molecule has 0 fully saturated rings. The molecule has 3 rings (SSSR count). The molecule has 1 heterocycles. The molecule has 3 aromatic rings. The number of ether oxygens (including phenoxy) is 1. The van der Waals surface area contributed by atoms with Crippen molar-refractivity contribution in [2.24, 2.45) is 0 Å². The molecule has 2 aromatic carbocycles. The predicted molar refractivity (Wildman–Crippen MR) is 106 cm³/mol. The number of carbonyl (C=O) groups is 1. The standard InChI is InChI=1S/C21H18BrNO3/c1-13(2)26-20-11-10-14(22)12-17(20)15-6-3-4-7-16(15)18-8-5-9-19(23-18)21(24)25/h3-13H,1-2H3,(H,24,25). The van der Waals surface area contributed by atoms with Crippen molar-refractivity contribution in [2.45, 2.75) is 20.0 Å². The average molecular weight is 412 g/mol. The molecule has 5 heteroatoms. The van der Waals surface area contributed by atoms with Crippen LogP contribution in [0.25, 0.3) is 22.4 Å². The monoisotopic (exact) mass is 411 g/mol. The third-order valence-electron chi connectivity index (χ3n) is 3.77. The van der Waals surface area contributed by atoms with Crippen LogP contribution in [0.4, 0.5) is 0 Å². The van der Waals surface area contributed by atoms with Gasteiger partial charge in [0.05, 0.1) is 11.8 Å². The first-order chi connectivity index (χ1) is 12.5. The lowest BCUT2D eigenvalue weighted by molar-refractivity contribution is 0.0690. The predicted octanol–water partition coefficient (Wildman–Crippen LogP) is 5.66. The van der Waals surface area contributed by atoms with Crippen LogP contribution in [0, 0.1) is 0 Å². The number of aromatic nitrogens is 1. The summed E-state index contributed by atoms with van der Waals surface area (Å²) < 4.78 is 6.91. The zero-order valence-corrected chi connectivity index (χ0v) is 16.0. The van der Waals surface area contributed by atoms with Crippen LogP contribution in [0.2, 0.25) is 0 Å². The van der Waals surface area contributed by atoms with Crippen molar-refractivity contribution >= 4 is 21.9 Å². The number of hydrogen-bond acceptors (Lipinski definition) is 3. The number of nitrogens with zero attached hydrogens (tertiary/aromatic N) is 1. The summed E-state index contributed by atoms with van der Waals surface area (Å²) >= 11 is 3.52. The molecule has 0 unspecified atom stereocenters. The minimum Gasteiger partial charge on any atom is -0.490 e. The minimum absolute atomic E-state index is 0.0187. The molecule has 4 nitrogen and oxygen atoms in total. The van der Waals surface area contributed by atoms with E-state index in [1.165, 1.54) is 6.07 Å². The lowest BCUT2D eigenvalue weighted by Gasteiger charge is -2.17. The average Bonchev–Trinajstić information content (AvgIpc) is 2.63. The first-order valence-electron chi connectivity index (χ1n) is 8.22. The van der Waals surface area contributed by atoms with Gasteiger partial charge in [0.2, 0.25) is 0 Å². The Morgan fingerprint density at radius 2 is 1.73 bits per heavy atom. The molecular weight excluding hydrogens is 394 g/mol. The Hall–Kier alpha value is -2.66. The van der Waals surface area contributed by atoms with Crippen LogP contribution < -0.4 is 4.74 Å². The third-order valence-corrected chi connectivity index (χ3v) is 4.26. The molecule has 132 valence electrons.